The highest BCUT2D eigenvalue weighted by atomic mass is 16.7. The van der Waals surface area contributed by atoms with Crippen LogP contribution in [-0.4, -0.2) is 57.5 Å². The minimum atomic E-state index is -0.346. The highest BCUT2D eigenvalue weighted by molar-refractivity contribution is 5.81. The fraction of sp³-hybridized carbons (Fsp3) is 0.824. The zero-order valence-electron chi connectivity index (χ0n) is 14.5. The lowest BCUT2D eigenvalue weighted by atomic mass is 10.1. The maximum absolute atomic E-state index is 11.6. The topological polar surface area (TPSA) is 74.2 Å². The first-order valence-corrected chi connectivity index (χ1v) is 8.33. The summed E-state index contributed by atoms with van der Waals surface area (Å²) < 4.78 is 20.4. The monoisotopic (exact) mass is 332 g/mol. The highest BCUT2D eigenvalue weighted by Gasteiger charge is 2.06. The number of carbonyl (C=O) groups is 1. The molecular weight excluding hydrogens is 300 g/mol. The molecule has 0 saturated heterocycles. The van der Waals surface area contributed by atoms with Crippen molar-refractivity contribution >= 4 is 5.97 Å². The van der Waals surface area contributed by atoms with Gasteiger partial charge >= 0.3 is 5.97 Å². The van der Waals surface area contributed by atoms with Gasteiger partial charge in [-0.2, -0.15) is 0 Å². The number of hydrogen-bond acceptors (Lipinski definition) is 6. The predicted molar refractivity (Wildman–Crippen MR) is 88.1 cm³/mol. The van der Waals surface area contributed by atoms with Gasteiger partial charge in [-0.25, -0.2) is 4.79 Å². The Hall–Kier alpha value is -0.950. The van der Waals surface area contributed by atoms with Crippen LogP contribution in [0.1, 0.15) is 45.4 Å². The maximum atomic E-state index is 11.6. The lowest BCUT2D eigenvalue weighted by Crippen LogP contribution is -2.20. The molecule has 0 rings (SSSR count). The lowest BCUT2D eigenvalue weighted by molar-refractivity contribution is -0.148. The van der Waals surface area contributed by atoms with E-state index in [4.69, 9.17) is 24.1 Å². The fourth-order valence-electron chi connectivity index (χ4n) is 1.83. The van der Waals surface area contributed by atoms with Crippen molar-refractivity contribution in [1.82, 2.24) is 0 Å². The van der Waals surface area contributed by atoms with Crippen molar-refractivity contribution in [3.8, 4) is 0 Å². The first-order valence-electron chi connectivity index (χ1n) is 8.33. The quantitative estimate of drug-likeness (QED) is 0.202. The molecule has 0 aromatic rings. The van der Waals surface area contributed by atoms with Crippen molar-refractivity contribution in [2.24, 2.45) is 0 Å². The molecule has 0 fully saturated rings. The van der Waals surface area contributed by atoms with Gasteiger partial charge in [0.2, 0.25) is 0 Å². The van der Waals surface area contributed by atoms with Crippen LogP contribution in [0.5, 0.6) is 0 Å². The molecular formula is C17H32O6. The summed E-state index contributed by atoms with van der Waals surface area (Å²) in [7, 11) is 1.61. The summed E-state index contributed by atoms with van der Waals surface area (Å²) in [5.41, 5.74) is 0. The molecule has 0 aliphatic rings. The molecule has 0 amide bonds. The number of unbranched alkanes of at least 4 members (excludes halogenated alkanes) is 5. The number of allylic oxidation sites excluding steroid dienone is 1. The Labute approximate surface area is 139 Å². The third kappa shape index (κ3) is 17.2. The summed E-state index contributed by atoms with van der Waals surface area (Å²) >= 11 is 0. The fourth-order valence-corrected chi connectivity index (χ4v) is 1.83. The first-order chi connectivity index (χ1) is 11.2. The van der Waals surface area contributed by atoms with Gasteiger partial charge in [0.25, 0.3) is 0 Å². The normalized spacial score (nSPS) is 12.7. The van der Waals surface area contributed by atoms with Gasteiger partial charge in [-0.1, -0.05) is 25.3 Å². The van der Waals surface area contributed by atoms with Crippen LogP contribution in [0.2, 0.25) is 0 Å². The van der Waals surface area contributed by atoms with Gasteiger partial charge in [0, 0.05) is 19.8 Å². The molecule has 0 heterocycles. The summed E-state index contributed by atoms with van der Waals surface area (Å²) in [6, 6.07) is 0. The summed E-state index contributed by atoms with van der Waals surface area (Å²) in [5.74, 6) is -0.346. The van der Waals surface area contributed by atoms with Gasteiger partial charge < -0.3 is 24.1 Å². The van der Waals surface area contributed by atoms with E-state index in [9.17, 15) is 4.79 Å². The Morgan fingerprint density at radius 2 is 1.83 bits per heavy atom. The molecule has 0 aliphatic heterocycles. The van der Waals surface area contributed by atoms with E-state index < -0.39 is 0 Å². The van der Waals surface area contributed by atoms with Gasteiger partial charge in [0.05, 0.1) is 19.8 Å². The minimum absolute atomic E-state index is 0.164. The van der Waals surface area contributed by atoms with Crippen LogP contribution in [0.4, 0.5) is 0 Å². The standard InChI is InChI=1S/C17H32O6/c1-16(14-22-15-21-13-12-20-2)23-17(19)10-8-6-4-3-5-7-9-11-18/h8,10,16,18H,3-7,9,11-15H2,1-2H3. The van der Waals surface area contributed by atoms with E-state index in [2.05, 4.69) is 0 Å². The van der Waals surface area contributed by atoms with Crippen molar-refractivity contribution in [3.63, 3.8) is 0 Å². The highest BCUT2D eigenvalue weighted by Crippen LogP contribution is 2.05. The lowest BCUT2D eigenvalue weighted by Gasteiger charge is -2.12. The number of aliphatic hydroxyl groups is 1. The van der Waals surface area contributed by atoms with Crippen LogP contribution in [0, 0.1) is 0 Å². The van der Waals surface area contributed by atoms with Crippen molar-refractivity contribution in [3.05, 3.63) is 12.2 Å². The van der Waals surface area contributed by atoms with Crippen LogP contribution >= 0.6 is 0 Å². The summed E-state index contributed by atoms with van der Waals surface area (Å²) in [5, 5.41) is 8.66. The van der Waals surface area contributed by atoms with E-state index in [1.54, 1.807) is 14.0 Å². The Kier molecular flexibility index (Phi) is 16.7. The maximum Gasteiger partial charge on any atom is 0.330 e. The number of carbonyl (C=O) groups excluding carboxylic acids is 1. The van der Waals surface area contributed by atoms with E-state index in [1.807, 2.05) is 6.08 Å². The summed E-state index contributed by atoms with van der Waals surface area (Å²) in [6.07, 6.45) is 9.10. The molecule has 136 valence electrons. The zero-order chi connectivity index (χ0) is 17.2. The SMILES string of the molecule is COCCOCOCC(C)OC(=O)C=CCCCCCCCO. The van der Waals surface area contributed by atoms with Gasteiger partial charge in [-0.15, -0.1) is 0 Å². The number of rotatable bonds is 16. The average molecular weight is 332 g/mol. The van der Waals surface area contributed by atoms with Crippen molar-refractivity contribution in [1.29, 1.82) is 0 Å². The van der Waals surface area contributed by atoms with Crippen LogP contribution in [0.25, 0.3) is 0 Å². The molecule has 0 aromatic heterocycles. The summed E-state index contributed by atoms with van der Waals surface area (Å²) in [4.78, 5) is 11.6. The number of aliphatic hydroxyl groups excluding tert-OH is 1. The molecule has 0 saturated carbocycles. The molecule has 0 radical (unpaired) electrons. The van der Waals surface area contributed by atoms with Crippen LogP contribution in [0.3, 0.4) is 0 Å². The van der Waals surface area contributed by atoms with E-state index in [1.165, 1.54) is 6.08 Å². The molecule has 0 aromatic carbocycles. The largest absolute Gasteiger partial charge is 0.457 e. The Balaban J connectivity index is 3.47. The Bertz CT molecular complexity index is 293. The van der Waals surface area contributed by atoms with E-state index in [-0.39, 0.29) is 25.5 Å². The molecule has 0 aliphatic carbocycles. The second-order valence-electron chi connectivity index (χ2n) is 5.32. The minimum Gasteiger partial charge on any atom is -0.457 e. The number of ether oxygens (including phenoxy) is 4. The number of methoxy groups -OCH3 is 1. The molecule has 1 atom stereocenters. The second-order valence-corrected chi connectivity index (χ2v) is 5.32. The van der Waals surface area contributed by atoms with Crippen molar-refractivity contribution in [2.75, 3.05) is 40.3 Å². The first kappa shape index (κ1) is 22.1. The zero-order valence-corrected chi connectivity index (χ0v) is 14.5. The van der Waals surface area contributed by atoms with Gasteiger partial charge in [0.15, 0.2) is 0 Å². The smallest absolute Gasteiger partial charge is 0.330 e. The van der Waals surface area contributed by atoms with Crippen LogP contribution in [-0.2, 0) is 23.7 Å². The van der Waals surface area contributed by atoms with E-state index >= 15 is 0 Å². The molecule has 23 heavy (non-hydrogen) atoms. The van der Waals surface area contributed by atoms with Crippen molar-refractivity contribution in [2.45, 2.75) is 51.6 Å². The third-order valence-electron chi connectivity index (χ3n) is 3.05. The molecule has 0 spiro atoms. The van der Waals surface area contributed by atoms with Gasteiger partial charge in [-0.05, 0) is 26.2 Å². The van der Waals surface area contributed by atoms with Crippen LogP contribution in [0.15, 0.2) is 12.2 Å². The summed E-state index contributed by atoms with van der Waals surface area (Å²) in [6.45, 7) is 3.53. The Morgan fingerprint density at radius 1 is 1.09 bits per heavy atom. The molecule has 1 unspecified atom stereocenters. The molecule has 1 N–H and O–H groups in total. The van der Waals surface area contributed by atoms with E-state index in [0.29, 0.717) is 19.8 Å². The Morgan fingerprint density at radius 3 is 2.57 bits per heavy atom. The molecule has 0 bridgehead atoms. The predicted octanol–water partition coefficient (Wildman–Crippen LogP) is 2.44. The second kappa shape index (κ2) is 17.4. The number of hydrogen-bond donors (Lipinski definition) is 1. The average Bonchev–Trinajstić information content (AvgIpc) is 2.53. The number of esters is 1. The van der Waals surface area contributed by atoms with Crippen molar-refractivity contribution < 1.29 is 28.8 Å². The van der Waals surface area contributed by atoms with E-state index in [0.717, 1.165) is 38.5 Å². The van der Waals surface area contributed by atoms with Gasteiger partial charge in [-0.3, -0.25) is 0 Å². The molecule has 6 heteroatoms. The van der Waals surface area contributed by atoms with Crippen LogP contribution < -0.4 is 0 Å². The molecule has 6 nitrogen and oxygen atoms in total. The third-order valence-corrected chi connectivity index (χ3v) is 3.05. The van der Waals surface area contributed by atoms with Gasteiger partial charge in [0.1, 0.15) is 12.9 Å².